The van der Waals surface area contributed by atoms with E-state index in [1.54, 1.807) is 12.4 Å². The molecule has 0 saturated carbocycles. The molecule has 0 bridgehead atoms. The minimum atomic E-state index is -0.300. The molecule has 0 aliphatic carbocycles. The lowest BCUT2D eigenvalue weighted by molar-refractivity contribution is 0.251. The van der Waals surface area contributed by atoms with Gasteiger partial charge in [0.25, 0.3) is 0 Å². The largest absolute Gasteiger partial charge is 0.334 e. The van der Waals surface area contributed by atoms with Crippen molar-refractivity contribution in [3.63, 3.8) is 0 Å². The van der Waals surface area contributed by atoms with Crippen LogP contribution in [0.15, 0.2) is 24.5 Å². The molecular formula is C13H17N5OS. The molecule has 0 spiro atoms. The Hall–Kier alpha value is -2.02. The van der Waals surface area contributed by atoms with Crippen molar-refractivity contribution in [2.45, 2.75) is 32.7 Å². The summed E-state index contributed by atoms with van der Waals surface area (Å²) in [6.45, 7) is 6.51. The van der Waals surface area contributed by atoms with Crippen molar-refractivity contribution >= 4 is 22.7 Å². The van der Waals surface area contributed by atoms with Crippen LogP contribution in [0.1, 0.15) is 32.2 Å². The van der Waals surface area contributed by atoms with Crippen molar-refractivity contribution < 1.29 is 4.79 Å². The predicted molar refractivity (Wildman–Crippen MR) is 78.7 cm³/mol. The Morgan fingerprint density at radius 3 is 2.80 bits per heavy atom. The van der Waals surface area contributed by atoms with Gasteiger partial charge >= 0.3 is 6.03 Å². The molecule has 7 heteroatoms. The fourth-order valence-corrected chi connectivity index (χ4v) is 2.16. The van der Waals surface area contributed by atoms with Crippen molar-refractivity contribution in [3.05, 3.63) is 35.9 Å². The van der Waals surface area contributed by atoms with Crippen LogP contribution in [0.4, 0.5) is 9.93 Å². The van der Waals surface area contributed by atoms with Gasteiger partial charge in [-0.25, -0.2) is 9.78 Å². The second kappa shape index (κ2) is 5.96. The number of rotatable bonds is 3. The number of hydrogen-bond donors (Lipinski definition) is 2. The second-order valence-electron chi connectivity index (χ2n) is 5.34. The van der Waals surface area contributed by atoms with Gasteiger partial charge in [0, 0.05) is 35.9 Å². The number of hydrogen-bond acceptors (Lipinski definition) is 5. The summed E-state index contributed by atoms with van der Waals surface area (Å²) >= 11 is 1.18. The summed E-state index contributed by atoms with van der Waals surface area (Å²) in [5.74, 6) is 0.727. The van der Waals surface area contributed by atoms with E-state index in [0.717, 1.165) is 11.4 Å². The third-order valence-corrected chi connectivity index (χ3v) is 3.12. The maximum atomic E-state index is 11.7. The van der Waals surface area contributed by atoms with E-state index in [4.69, 9.17) is 0 Å². The summed E-state index contributed by atoms with van der Waals surface area (Å²) in [4.78, 5) is 20.0. The number of carbonyl (C=O) groups is 1. The van der Waals surface area contributed by atoms with Crippen LogP contribution in [0.3, 0.4) is 0 Å². The van der Waals surface area contributed by atoms with E-state index >= 15 is 0 Å². The van der Waals surface area contributed by atoms with Gasteiger partial charge < -0.3 is 5.32 Å². The van der Waals surface area contributed by atoms with Crippen LogP contribution in [0.25, 0.3) is 0 Å². The van der Waals surface area contributed by atoms with Crippen LogP contribution < -0.4 is 10.6 Å². The third-order valence-electron chi connectivity index (χ3n) is 2.49. The van der Waals surface area contributed by atoms with Crippen LogP contribution >= 0.6 is 11.5 Å². The lowest BCUT2D eigenvalue weighted by Crippen LogP contribution is -2.28. The minimum absolute atomic E-state index is 0.122. The standard InChI is InChI=1S/C13H17N5OS/c1-13(2,3)10-16-12(20-18-10)17-11(19)15-8-9-5-4-6-14-7-9/h4-7H,8H2,1-3H3,(H2,15,16,17,18,19). The van der Waals surface area contributed by atoms with E-state index in [1.807, 2.05) is 32.9 Å². The zero-order valence-electron chi connectivity index (χ0n) is 11.7. The highest BCUT2D eigenvalue weighted by Gasteiger charge is 2.20. The normalized spacial score (nSPS) is 11.2. The first-order valence-electron chi connectivity index (χ1n) is 6.23. The van der Waals surface area contributed by atoms with Gasteiger partial charge in [-0.2, -0.15) is 4.37 Å². The molecule has 0 aliphatic rings. The van der Waals surface area contributed by atoms with Crippen LogP contribution in [0, 0.1) is 0 Å². The van der Waals surface area contributed by atoms with Crippen LogP contribution in [0.5, 0.6) is 0 Å². The van der Waals surface area contributed by atoms with Crippen molar-refractivity contribution in [3.8, 4) is 0 Å². The molecule has 2 heterocycles. The molecule has 6 nitrogen and oxygen atoms in total. The molecular weight excluding hydrogens is 274 g/mol. The molecule has 0 aromatic carbocycles. The molecule has 106 valence electrons. The number of pyridine rings is 1. The number of nitrogens with zero attached hydrogens (tertiary/aromatic N) is 3. The number of carbonyl (C=O) groups excluding carboxylic acids is 1. The van der Waals surface area contributed by atoms with Crippen LogP contribution in [0.2, 0.25) is 0 Å². The highest BCUT2D eigenvalue weighted by Crippen LogP contribution is 2.22. The van der Waals surface area contributed by atoms with Crippen LogP contribution in [-0.2, 0) is 12.0 Å². The Labute approximate surface area is 121 Å². The quantitative estimate of drug-likeness (QED) is 0.910. The molecule has 2 rings (SSSR count). The summed E-state index contributed by atoms with van der Waals surface area (Å²) in [6, 6.07) is 3.43. The van der Waals surface area contributed by atoms with E-state index in [1.165, 1.54) is 11.5 Å². The van der Waals surface area contributed by atoms with Gasteiger partial charge in [0.2, 0.25) is 5.13 Å². The predicted octanol–water partition coefficient (Wildman–Crippen LogP) is 2.55. The number of anilines is 1. The Morgan fingerprint density at radius 2 is 2.20 bits per heavy atom. The second-order valence-corrected chi connectivity index (χ2v) is 6.09. The van der Waals surface area contributed by atoms with Crippen LogP contribution in [-0.4, -0.2) is 20.4 Å². The lowest BCUT2D eigenvalue weighted by atomic mass is 9.96. The highest BCUT2D eigenvalue weighted by molar-refractivity contribution is 7.09. The van der Waals surface area contributed by atoms with Gasteiger partial charge in [0.05, 0.1) is 0 Å². The first-order chi connectivity index (χ1) is 9.45. The van der Waals surface area contributed by atoms with Gasteiger partial charge in [-0.05, 0) is 11.6 Å². The maximum absolute atomic E-state index is 11.7. The average Bonchev–Trinajstić information content (AvgIpc) is 2.86. The summed E-state index contributed by atoms with van der Waals surface area (Å²) in [5.41, 5.74) is 0.818. The van der Waals surface area contributed by atoms with Gasteiger partial charge in [0.1, 0.15) is 5.82 Å². The van der Waals surface area contributed by atoms with Crippen molar-refractivity contribution in [2.75, 3.05) is 5.32 Å². The summed E-state index contributed by atoms with van der Waals surface area (Å²) in [6.07, 6.45) is 3.40. The molecule has 2 aromatic rings. The van der Waals surface area contributed by atoms with Gasteiger partial charge in [-0.15, -0.1) is 0 Å². The zero-order valence-corrected chi connectivity index (χ0v) is 12.5. The summed E-state index contributed by atoms with van der Waals surface area (Å²) in [7, 11) is 0. The molecule has 2 aromatic heterocycles. The fourth-order valence-electron chi connectivity index (χ4n) is 1.41. The van der Waals surface area contributed by atoms with Gasteiger partial charge in [-0.1, -0.05) is 26.8 Å². The maximum Gasteiger partial charge on any atom is 0.321 e. The highest BCUT2D eigenvalue weighted by atomic mass is 32.1. The molecule has 2 amide bonds. The first kappa shape index (κ1) is 14.4. The molecule has 0 fully saturated rings. The number of aromatic nitrogens is 3. The Kier molecular flexibility index (Phi) is 4.29. The molecule has 0 saturated heterocycles. The Balaban J connectivity index is 1.87. The SMILES string of the molecule is CC(C)(C)c1nsc(NC(=O)NCc2cccnc2)n1. The smallest absolute Gasteiger partial charge is 0.321 e. The summed E-state index contributed by atoms with van der Waals surface area (Å²) < 4.78 is 4.24. The van der Waals surface area contributed by atoms with E-state index in [2.05, 4.69) is 25.0 Å². The van der Waals surface area contributed by atoms with Crippen molar-refractivity contribution in [1.82, 2.24) is 19.7 Å². The lowest BCUT2D eigenvalue weighted by Gasteiger charge is -2.12. The van der Waals surface area contributed by atoms with E-state index < -0.39 is 0 Å². The topological polar surface area (TPSA) is 79.8 Å². The molecule has 20 heavy (non-hydrogen) atoms. The molecule has 2 N–H and O–H groups in total. The number of amides is 2. The van der Waals surface area contributed by atoms with E-state index in [-0.39, 0.29) is 11.4 Å². The summed E-state index contributed by atoms with van der Waals surface area (Å²) in [5, 5.41) is 5.92. The van der Waals surface area contributed by atoms with Crippen molar-refractivity contribution in [2.24, 2.45) is 0 Å². The molecule has 0 unspecified atom stereocenters. The van der Waals surface area contributed by atoms with E-state index in [9.17, 15) is 4.79 Å². The first-order valence-corrected chi connectivity index (χ1v) is 7.00. The minimum Gasteiger partial charge on any atom is -0.334 e. The van der Waals surface area contributed by atoms with E-state index in [0.29, 0.717) is 11.7 Å². The average molecular weight is 291 g/mol. The molecule has 0 radical (unpaired) electrons. The molecule has 0 atom stereocenters. The molecule has 0 aliphatic heterocycles. The van der Waals surface area contributed by atoms with Crippen molar-refractivity contribution in [1.29, 1.82) is 0 Å². The fraction of sp³-hybridized carbons (Fsp3) is 0.385. The Morgan fingerprint density at radius 1 is 1.40 bits per heavy atom. The van der Waals surface area contributed by atoms with Gasteiger partial charge in [-0.3, -0.25) is 10.3 Å². The number of nitrogens with one attached hydrogen (secondary N) is 2. The third kappa shape index (κ3) is 3.99. The Bertz CT molecular complexity index is 576. The monoisotopic (exact) mass is 291 g/mol. The van der Waals surface area contributed by atoms with Gasteiger partial charge in [0.15, 0.2) is 0 Å². The zero-order chi connectivity index (χ0) is 14.6. The number of urea groups is 1.